The fourth-order valence-corrected chi connectivity index (χ4v) is 1.85. The van der Waals surface area contributed by atoms with Crippen LogP contribution in [-0.2, 0) is 6.54 Å². The molecule has 104 valence electrons. The number of rotatable bonds is 5. The zero-order chi connectivity index (χ0) is 14.5. The highest BCUT2D eigenvalue weighted by atomic mass is 35.5. The van der Waals surface area contributed by atoms with E-state index in [2.05, 4.69) is 10.3 Å². The number of ether oxygens (including phenoxy) is 1. The molecule has 6 nitrogen and oxygen atoms in total. The Hall–Kier alpha value is -2.34. The van der Waals surface area contributed by atoms with Gasteiger partial charge in [-0.15, -0.1) is 0 Å². The van der Waals surface area contributed by atoms with Gasteiger partial charge < -0.3 is 10.1 Å². The van der Waals surface area contributed by atoms with E-state index in [0.29, 0.717) is 18.1 Å². The van der Waals surface area contributed by atoms with Crippen molar-refractivity contribution in [1.29, 1.82) is 0 Å². The lowest BCUT2D eigenvalue weighted by Crippen LogP contribution is -2.00. The molecule has 0 fully saturated rings. The molecule has 0 bridgehead atoms. The number of nitro benzene ring substituents is 1. The van der Waals surface area contributed by atoms with Gasteiger partial charge in [0.15, 0.2) is 0 Å². The number of aromatic nitrogens is 1. The second-order valence-corrected chi connectivity index (χ2v) is 4.39. The summed E-state index contributed by atoms with van der Waals surface area (Å²) < 4.78 is 4.97. The Morgan fingerprint density at radius 1 is 1.40 bits per heavy atom. The molecule has 0 saturated carbocycles. The predicted molar refractivity (Wildman–Crippen MR) is 76.2 cm³/mol. The number of hydrogen-bond acceptors (Lipinski definition) is 5. The third-order valence-electron chi connectivity index (χ3n) is 2.65. The summed E-state index contributed by atoms with van der Waals surface area (Å²) in [6.07, 6.45) is 1.69. The van der Waals surface area contributed by atoms with E-state index >= 15 is 0 Å². The summed E-state index contributed by atoms with van der Waals surface area (Å²) in [5.41, 5.74) is 1.56. The molecule has 0 atom stereocenters. The molecule has 0 amide bonds. The number of anilines is 1. The van der Waals surface area contributed by atoms with Crippen molar-refractivity contribution in [3.63, 3.8) is 0 Å². The average molecular weight is 294 g/mol. The van der Waals surface area contributed by atoms with Crippen molar-refractivity contribution in [1.82, 2.24) is 4.98 Å². The largest absolute Gasteiger partial charge is 0.481 e. The topological polar surface area (TPSA) is 77.3 Å². The first kappa shape index (κ1) is 14.1. The van der Waals surface area contributed by atoms with Gasteiger partial charge in [-0.1, -0.05) is 17.7 Å². The molecule has 1 aromatic carbocycles. The van der Waals surface area contributed by atoms with Crippen LogP contribution in [0, 0.1) is 10.1 Å². The van der Waals surface area contributed by atoms with Crippen molar-refractivity contribution < 1.29 is 9.66 Å². The summed E-state index contributed by atoms with van der Waals surface area (Å²) in [7, 11) is 1.55. The highest BCUT2D eigenvalue weighted by Crippen LogP contribution is 2.27. The van der Waals surface area contributed by atoms with E-state index in [0.717, 1.165) is 5.56 Å². The number of nitrogens with zero attached hydrogens (tertiary/aromatic N) is 2. The summed E-state index contributed by atoms with van der Waals surface area (Å²) in [5, 5.41) is 13.9. The molecule has 0 aliphatic carbocycles. The maximum atomic E-state index is 10.7. The number of pyridine rings is 1. The SMILES string of the molecule is COc1ccc(CNc2ccc([N+](=O)[O-])c(Cl)c2)cn1. The molecule has 0 radical (unpaired) electrons. The molecule has 0 spiro atoms. The van der Waals surface area contributed by atoms with Gasteiger partial charge in [-0.3, -0.25) is 10.1 Å². The van der Waals surface area contributed by atoms with E-state index in [4.69, 9.17) is 16.3 Å². The second-order valence-electron chi connectivity index (χ2n) is 3.99. The molecule has 1 N–H and O–H groups in total. The number of hydrogen-bond donors (Lipinski definition) is 1. The van der Waals surface area contributed by atoms with Gasteiger partial charge in [0.25, 0.3) is 5.69 Å². The van der Waals surface area contributed by atoms with E-state index in [1.54, 1.807) is 25.4 Å². The minimum Gasteiger partial charge on any atom is -0.481 e. The Kier molecular flexibility index (Phi) is 4.37. The first-order valence-electron chi connectivity index (χ1n) is 5.77. The minimum absolute atomic E-state index is 0.104. The zero-order valence-electron chi connectivity index (χ0n) is 10.7. The van der Waals surface area contributed by atoms with Crippen molar-refractivity contribution >= 4 is 23.0 Å². The van der Waals surface area contributed by atoms with Crippen molar-refractivity contribution in [3.8, 4) is 5.88 Å². The Bertz CT molecular complexity index is 617. The molecular formula is C13H12ClN3O3. The van der Waals surface area contributed by atoms with Crippen molar-refractivity contribution in [2.75, 3.05) is 12.4 Å². The van der Waals surface area contributed by atoms with Gasteiger partial charge in [0, 0.05) is 30.6 Å². The maximum absolute atomic E-state index is 10.7. The fraction of sp³-hybridized carbons (Fsp3) is 0.154. The second kappa shape index (κ2) is 6.21. The van der Waals surface area contributed by atoms with Gasteiger partial charge in [-0.2, -0.15) is 0 Å². The van der Waals surface area contributed by atoms with Gasteiger partial charge in [-0.05, 0) is 17.7 Å². The summed E-state index contributed by atoms with van der Waals surface area (Å²) in [5.74, 6) is 0.548. The van der Waals surface area contributed by atoms with Crippen molar-refractivity contribution in [2.24, 2.45) is 0 Å². The summed E-state index contributed by atoms with van der Waals surface area (Å²) in [4.78, 5) is 14.2. The minimum atomic E-state index is -0.514. The van der Waals surface area contributed by atoms with E-state index in [1.807, 2.05) is 6.07 Å². The molecule has 0 saturated heterocycles. The monoisotopic (exact) mass is 293 g/mol. The third kappa shape index (κ3) is 3.36. The van der Waals surface area contributed by atoms with Crippen molar-refractivity contribution in [3.05, 3.63) is 57.2 Å². The Labute approximate surface area is 120 Å². The Morgan fingerprint density at radius 3 is 2.75 bits per heavy atom. The molecule has 0 aliphatic heterocycles. The number of halogens is 1. The highest BCUT2D eigenvalue weighted by molar-refractivity contribution is 6.32. The lowest BCUT2D eigenvalue weighted by molar-refractivity contribution is -0.384. The quantitative estimate of drug-likeness (QED) is 0.676. The number of benzene rings is 1. The van der Waals surface area contributed by atoms with Crippen LogP contribution in [0.5, 0.6) is 5.88 Å². The van der Waals surface area contributed by atoms with Gasteiger partial charge in [0.1, 0.15) is 5.02 Å². The van der Waals surface area contributed by atoms with Crippen LogP contribution in [-0.4, -0.2) is 17.0 Å². The van der Waals surface area contributed by atoms with Gasteiger partial charge in [0.2, 0.25) is 5.88 Å². The van der Waals surface area contributed by atoms with Crippen LogP contribution in [0.1, 0.15) is 5.56 Å². The Morgan fingerprint density at radius 2 is 2.20 bits per heavy atom. The third-order valence-corrected chi connectivity index (χ3v) is 2.95. The molecule has 1 aromatic heterocycles. The number of nitrogens with one attached hydrogen (secondary N) is 1. The first-order valence-corrected chi connectivity index (χ1v) is 6.14. The number of methoxy groups -OCH3 is 1. The first-order chi connectivity index (χ1) is 9.60. The van der Waals surface area contributed by atoms with Crippen LogP contribution in [0.4, 0.5) is 11.4 Å². The smallest absolute Gasteiger partial charge is 0.288 e. The molecule has 7 heteroatoms. The average Bonchev–Trinajstić information content (AvgIpc) is 2.45. The lowest BCUT2D eigenvalue weighted by atomic mass is 10.2. The summed E-state index contributed by atoms with van der Waals surface area (Å²) in [6.45, 7) is 0.533. The van der Waals surface area contributed by atoms with Crippen LogP contribution in [0.25, 0.3) is 0 Å². The molecule has 0 aliphatic rings. The van der Waals surface area contributed by atoms with Crippen LogP contribution in [0.3, 0.4) is 0 Å². The van der Waals surface area contributed by atoms with Gasteiger partial charge in [-0.25, -0.2) is 4.98 Å². The highest BCUT2D eigenvalue weighted by Gasteiger charge is 2.11. The van der Waals surface area contributed by atoms with E-state index in [1.165, 1.54) is 12.1 Å². The fourth-order valence-electron chi connectivity index (χ4n) is 1.61. The molecular weight excluding hydrogens is 282 g/mol. The lowest BCUT2D eigenvalue weighted by Gasteiger charge is -2.07. The molecule has 1 heterocycles. The molecule has 2 aromatic rings. The zero-order valence-corrected chi connectivity index (χ0v) is 11.4. The summed E-state index contributed by atoms with van der Waals surface area (Å²) >= 11 is 5.84. The maximum Gasteiger partial charge on any atom is 0.288 e. The molecule has 20 heavy (non-hydrogen) atoms. The molecule has 2 rings (SSSR count). The predicted octanol–water partition coefficient (Wildman–Crippen LogP) is 3.26. The van der Waals surface area contributed by atoms with E-state index in [9.17, 15) is 10.1 Å². The van der Waals surface area contributed by atoms with E-state index in [-0.39, 0.29) is 10.7 Å². The summed E-state index contributed by atoms with van der Waals surface area (Å²) in [6, 6.07) is 8.15. The number of nitro groups is 1. The normalized spacial score (nSPS) is 10.1. The van der Waals surface area contributed by atoms with Crippen molar-refractivity contribution in [2.45, 2.75) is 6.54 Å². The van der Waals surface area contributed by atoms with Gasteiger partial charge in [0.05, 0.1) is 12.0 Å². The van der Waals surface area contributed by atoms with E-state index < -0.39 is 4.92 Å². The molecule has 0 unspecified atom stereocenters. The van der Waals surface area contributed by atoms with Crippen LogP contribution >= 0.6 is 11.6 Å². The Balaban J connectivity index is 2.03. The van der Waals surface area contributed by atoms with Crippen LogP contribution in [0.15, 0.2) is 36.5 Å². The van der Waals surface area contributed by atoms with Crippen LogP contribution < -0.4 is 10.1 Å². The standard InChI is InChI=1S/C13H12ClN3O3/c1-20-13-5-2-9(8-16-13)7-15-10-3-4-12(17(18)19)11(14)6-10/h2-6,8,15H,7H2,1H3. The van der Waals surface area contributed by atoms with Crippen LogP contribution in [0.2, 0.25) is 5.02 Å². The van der Waals surface area contributed by atoms with Gasteiger partial charge >= 0.3 is 0 Å².